The van der Waals surface area contributed by atoms with Crippen LogP contribution in [0.4, 0.5) is 0 Å². The molecule has 1 atom stereocenters. The van der Waals surface area contributed by atoms with E-state index in [1.807, 2.05) is 37.4 Å². The molecule has 0 bridgehead atoms. The number of aromatic hydroxyl groups is 1. The maximum absolute atomic E-state index is 9.53. The Bertz CT molecular complexity index is 821. The van der Waals surface area contributed by atoms with E-state index in [2.05, 4.69) is 27.2 Å². The molecule has 2 aromatic heterocycles. The van der Waals surface area contributed by atoms with Crippen molar-refractivity contribution in [1.29, 1.82) is 0 Å². The second kappa shape index (κ2) is 7.19. The van der Waals surface area contributed by atoms with Crippen LogP contribution in [0, 0.1) is 6.92 Å². The van der Waals surface area contributed by atoms with Crippen molar-refractivity contribution < 1.29 is 5.11 Å². The zero-order valence-electron chi connectivity index (χ0n) is 13.8. The normalized spacial score (nSPS) is 12.1. The maximum atomic E-state index is 9.53. The summed E-state index contributed by atoms with van der Waals surface area (Å²) < 4.78 is 0. The molecular formula is C19H20N4O. The van der Waals surface area contributed by atoms with Crippen LogP contribution in [-0.4, -0.2) is 20.1 Å². The lowest BCUT2D eigenvalue weighted by atomic mass is 10.1. The van der Waals surface area contributed by atoms with E-state index < -0.39 is 0 Å². The Morgan fingerprint density at radius 1 is 1.17 bits per heavy atom. The van der Waals surface area contributed by atoms with Crippen LogP contribution in [0.25, 0.3) is 11.4 Å². The van der Waals surface area contributed by atoms with Gasteiger partial charge in [-0.25, -0.2) is 9.97 Å². The third-order valence-electron chi connectivity index (χ3n) is 3.95. The first-order valence-electron chi connectivity index (χ1n) is 7.88. The zero-order valence-corrected chi connectivity index (χ0v) is 13.8. The summed E-state index contributed by atoms with van der Waals surface area (Å²) in [7, 11) is 0. The standard InChI is InChI=1S/C19H20N4O/c1-13(21-11-15-4-3-5-17(24)10-15)18-12-22-19(23-14(18)2)16-6-8-20-9-7-16/h3-10,12-13,21,24H,11H2,1-2H3/t13-/m0/s1. The lowest BCUT2D eigenvalue weighted by molar-refractivity contribution is 0.473. The predicted molar refractivity (Wildman–Crippen MR) is 93.4 cm³/mol. The van der Waals surface area contributed by atoms with Crippen LogP contribution in [-0.2, 0) is 6.54 Å². The Morgan fingerprint density at radius 2 is 1.96 bits per heavy atom. The average molecular weight is 320 g/mol. The van der Waals surface area contributed by atoms with Gasteiger partial charge in [-0.1, -0.05) is 12.1 Å². The van der Waals surface area contributed by atoms with Crippen LogP contribution in [0.3, 0.4) is 0 Å². The SMILES string of the molecule is Cc1nc(-c2ccncc2)ncc1[C@H](C)NCc1cccc(O)c1. The number of phenolic OH excluding ortho intramolecular Hbond substituents is 1. The molecule has 0 radical (unpaired) electrons. The Hall–Kier alpha value is -2.79. The van der Waals surface area contributed by atoms with Crippen molar-refractivity contribution >= 4 is 0 Å². The van der Waals surface area contributed by atoms with Gasteiger partial charge in [-0.2, -0.15) is 0 Å². The van der Waals surface area contributed by atoms with Crippen molar-refractivity contribution in [1.82, 2.24) is 20.3 Å². The number of pyridine rings is 1. The van der Waals surface area contributed by atoms with Gasteiger partial charge in [0.2, 0.25) is 0 Å². The molecule has 122 valence electrons. The molecule has 5 nitrogen and oxygen atoms in total. The third-order valence-corrected chi connectivity index (χ3v) is 3.95. The second-order valence-electron chi connectivity index (χ2n) is 5.74. The Morgan fingerprint density at radius 3 is 2.67 bits per heavy atom. The van der Waals surface area contributed by atoms with Gasteiger partial charge < -0.3 is 10.4 Å². The fourth-order valence-corrected chi connectivity index (χ4v) is 2.59. The fraction of sp³-hybridized carbons (Fsp3) is 0.211. The van der Waals surface area contributed by atoms with Crippen LogP contribution >= 0.6 is 0 Å². The minimum absolute atomic E-state index is 0.110. The van der Waals surface area contributed by atoms with Gasteiger partial charge in [-0.15, -0.1) is 0 Å². The van der Waals surface area contributed by atoms with E-state index in [0.717, 1.165) is 22.4 Å². The summed E-state index contributed by atoms with van der Waals surface area (Å²) in [6.45, 7) is 4.75. The van der Waals surface area contributed by atoms with Crippen molar-refractivity contribution in [3.8, 4) is 17.1 Å². The first kappa shape index (κ1) is 16.1. The predicted octanol–water partition coefficient (Wildman–Crippen LogP) is 3.40. The summed E-state index contributed by atoms with van der Waals surface area (Å²) in [5.41, 5.74) is 4.01. The highest BCUT2D eigenvalue weighted by Crippen LogP contribution is 2.20. The molecule has 0 spiro atoms. The number of hydrogen-bond acceptors (Lipinski definition) is 5. The van der Waals surface area contributed by atoms with E-state index in [1.54, 1.807) is 24.5 Å². The van der Waals surface area contributed by atoms with Crippen LogP contribution in [0.2, 0.25) is 0 Å². The van der Waals surface area contributed by atoms with Crippen molar-refractivity contribution in [2.45, 2.75) is 26.4 Å². The van der Waals surface area contributed by atoms with Crippen molar-refractivity contribution in [3.63, 3.8) is 0 Å². The van der Waals surface area contributed by atoms with Crippen LogP contribution < -0.4 is 5.32 Å². The molecule has 0 unspecified atom stereocenters. The van der Waals surface area contributed by atoms with Gasteiger partial charge in [0, 0.05) is 48.0 Å². The number of rotatable bonds is 5. The fourth-order valence-electron chi connectivity index (χ4n) is 2.59. The highest BCUT2D eigenvalue weighted by molar-refractivity contribution is 5.53. The number of aryl methyl sites for hydroxylation is 1. The summed E-state index contributed by atoms with van der Waals surface area (Å²) in [6.07, 6.45) is 5.35. The van der Waals surface area contributed by atoms with E-state index in [4.69, 9.17) is 0 Å². The Kier molecular flexibility index (Phi) is 4.82. The van der Waals surface area contributed by atoms with Crippen molar-refractivity contribution in [2.24, 2.45) is 0 Å². The average Bonchev–Trinajstić information content (AvgIpc) is 2.60. The molecule has 0 aliphatic carbocycles. The van der Waals surface area contributed by atoms with E-state index in [0.29, 0.717) is 12.4 Å². The summed E-state index contributed by atoms with van der Waals surface area (Å²) in [6, 6.07) is 11.2. The van der Waals surface area contributed by atoms with Crippen LogP contribution in [0.1, 0.15) is 29.8 Å². The largest absolute Gasteiger partial charge is 0.508 e. The molecular weight excluding hydrogens is 300 g/mol. The lowest BCUT2D eigenvalue weighted by Gasteiger charge is -2.16. The molecule has 0 aliphatic heterocycles. The highest BCUT2D eigenvalue weighted by Gasteiger charge is 2.11. The van der Waals surface area contributed by atoms with Gasteiger partial charge >= 0.3 is 0 Å². The molecule has 1 aromatic carbocycles. The van der Waals surface area contributed by atoms with Gasteiger partial charge in [-0.05, 0) is 43.7 Å². The lowest BCUT2D eigenvalue weighted by Crippen LogP contribution is -2.19. The summed E-state index contributed by atoms with van der Waals surface area (Å²) in [5, 5.41) is 13.0. The molecule has 3 rings (SSSR count). The molecule has 5 heteroatoms. The van der Waals surface area contributed by atoms with Gasteiger partial charge in [-0.3, -0.25) is 4.98 Å². The number of benzene rings is 1. The van der Waals surface area contributed by atoms with Crippen LogP contribution in [0.15, 0.2) is 55.0 Å². The van der Waals surface area contributed by atoms with E-state index in [1.165, 1.54) is 0 Å². The molecule has 2 N–H and O–H groups in total. The first-order chi connectivity index (χ1) is 11.6. The van der Waals surface area contributed by atoms with Crippen molar-refractivity contribution in [3.05, 3.63) is 71.8 Å². The van der Waals surface area contributed by atoms with E-state index >= 15 is 0 Å². The van der Waals surface area contributed by atoms with Gasteiger partial charge in [0.1, 0.15) is 5.75 Å². The molecule has 0 aliphatic rings. The third kappa shape index (κ3) is 3.75. The molecule has 0 saturated carbocycles. The summed E-state index contributed by atoms with van der Waals surface area (Å²) >= 11 is 0. The minimum Gasteiger partial charge on any atom is -0.508 e. The highest BCUT2D eigenvalue weighted by atomic mass is 16.3. The number of hydrogen-bond donors (Lipinski definition) is 2. The van der Waals surface area contributed by atoms with Gasteiger partial charge in [0.15, 0.2) is 5.82 Å². The molecule has 0 saturated heterocycles. The second-order valence-corrected chi connectivity index (χ2v) is 5.74. The van der Waals surface area contributed by atoms with E-state index in [9.17, 15) is 5.11 Å². The maximum Gasteiger partial charge on any atom is 0.159 e. The molecule has 0 fully saturated rings. The number of nitrogens with zero attached hydrogens (tertiary/aromatic N) is 3. The van der Waals surface area contributed by atoms with Crippen LogP contribution in [0.5, 0.6) is 5.75 Å². The Balaban J connectivity index is 1.72. The molecule has 3 aromatic rings. The number of phenols is 1. The quantitative estimate of drug-likeness (QED) is 0.754. The van der Waals surface area contributed by atoms with Gasteiger partial charge in [0.25, 0.3) is 0 Å². The summed E-state index contributed by atoms with van der Waals surface area (Å²) in [5.74, 6) is 0.988. The number of aromatic nitrogens is 3. The molecule has 24 heavy (non-hydrogen) atoms. The Labute approximate surface area is 141 Å². The summed E-state index contributed by atoms with van der Waals surface area (Å²) in [4.78, 5) is 13.1. The molecule has 2 heterocycles. The first-order valence-corrected chi connectivity index (χ1v) is 7.88. The van der Waals surface area contributed by atoms with Gasteiger partial charge in [0.05, 0.1) is 0 Å². The smallest absolute Gasteiger partial charge is 0.159 e. The monoisotopic (exact) mass is 320 g/mol. The minimum atomic E-state index is 0.110. The van der Waals surface area contributed by atoms with E-state index in [-0.39, 0.29) is 11.8 Å². The zero-order chi connectivity index (χ0) is 16.9. The number of nitrogens with one attached hydrogen (secondary N) is 1. The topological polar surface area (TPSA) is 70.9 Å². The van der Waals surface area contributed by atoms with Crippen molar-refractivity contribution in [2.75, 3.05) is 0 Å². The molecule has 0 amide bonds.